The average molecular weight is 478 g/mol. The molecule has 184 valence electrons. The molecule has 0 radical (unpaired) electrons. The van der Waals surface area contributed by atoms with Gasteiger partial charge in [0.15, 0.2) is 0 Å². The number of carbonyl (C=O) groups is 2. The van der Waals surface area contributed by atoms with Crippen molar-refractivity contribution in [3.63, 3.8) is 0 Å². The van der Waals surface area contributed by atoms with Crippen LogP contribution in [0.25, 0.3) is 0 Å². The molecule has 1 fully saturated rings. The summed E-state index contributed by atoms with van der Waals surface area (Å²) in [6, 6.07) is 14.3. The van der Waals surface area contributed by atoms with Gasteiger partial charge in [-0.15, -0.1) is 0 Å². The molecule has 0 bridgehead atoms. The molecule has 1 saturated heterocycles. The van der Waals surface area contributed by atoms with Crippen LogP contribution in [0.2, 0.25) is 0 Å². The molecular weight excluding hydrogens is 446 g/mol. The Morgan fingerprint density at radius 2 is 1.63 bits per heavy atom. The molecule has 35 heavy (non-hydrogen) atoms. The predicted molar refractivity (Wildman–Crippen MR) is 130 cm³/mol. The largest absolute Gasteiger partial charge is 0.489 e. The van der Waals surface area contributed by atoms with Crippen molar-refractivity contribution in [3.8, 4) is 5.75 Å². The van der Waals surface area contributed by atoms with E-state index in [1.165, 1.54) is 0 Å². The van der Waals surface area contributed by atoms with Crippen LogP contribution in [0.4, 0.5) is 0 Å². The minimum Gasteiger partial charge on any atom is -0.489 e. The molecule has 2 atom stereocenters. The fourth-order valence-electron chi connectivity index (χ4n) is 4.14. The summed E-state index contributed by atoms with van der Waals surface area (Å²) in [6.07, 6.45) is 0.0555. The van der Waals surface area contributed by atoms with Crippen molar-refractivity contribution >= 4 is 11.8 Å². The van der Waals surface area contributed by atoms with E-state index in [0.29, 0.717) is 43.1 Å². The first-order valence-corrected chi connectivity index (χ1v) is 11.8. The van der Waals surface area contributed by atoms with Gasteiger partial charge in [-0.1, -0.05) is 17.3 Å². The lowest BCUT2D eigenvalue weighted by molar-refractivity contribution is -0.0586. The SMILES string of the molecule is Cc1noc(C)c1COc1ccc(C(=O)NCc2ccc(C(=O)N3CC(C)OC(C)C3)cc2)cc1. The first kappa shape index (κ1) is 24.5. The van der Waals surface area contributed by atoms with Crippen LogP contribution < -0.4 is 10.1 Å². The Morgan fingerprint density at radius 3 is 2.23 bits per heavy atom. The van der Waals surface area contributed by atoms with Crippen LogP contribution in [-0.2, 0) is 17.9 Å². The van der Waals surface area contributed by atoms with Crippen molar-refractivity contribution in [2.24, 2.45) is 0 Å². The molecule has 2 unspecified atom stereocenters. The summed E-state index contributed by atoms with van der Waals surface area (Å²) >= 11 is 0. The number of aryl methyl sites for hydroxylation is 2. The summed E-state index contributed by atoms with van der Waals surface area (Å²) in [5, 5.41) is 6.84. The summed E-state index contributed by atoms with van der Waals surface area (Å²) in [5.41, 5.74) is 3.82. The molecule has 2 heterocycles. The second-order valence-corrected chi connectivity index (χ2v) is 8.96. The highest BCUT2D eigenvalue weighted by molar-refractivity contribution is 5.95. The molecule has 8 heteroatoms. The highest BCUT2D eigenvalue weighted by atomic mass is 16.5. The van der Waals surface area contributed by atoms with Crippen molar-refractivity contribution in [3.05, 3.63) is 82.2 Å². The zero-order valence-electron chi connectivity index (χ0n) is 20.5. The Bertz CT molecular complexity index is 1140. The number of nitrogens with zero attached hydrogens (tertiary/aromatic N) is 2. The van der Waals surface area contributed by atoms with Gasteiger partial charge in [0, 0.05) is 30.8 Å². The third-order valence-electron chi connectivity index (χ3n) is 6.04. The average Bonchev–Trinajstić information content (AvgIpc) is 3.17. The van der Waals surface area contributed by atoms with E-state index >= 15 is 0 Å². The Labute approximate surface area is 205 Å². The molecule has 0 saturated carbocycles. The number of morpholine rings is 1. The third kappa shape index (κ3) is 6.08. The van der Waals surface area contributed by atoms with Gasteiger partial charge in [-0.3, -0.25) is 9.59 Å². The maximum Gasteiger partial charge on any atom is 0.254 e. The lowest BCUT2D eigenvalue weighted by atomic mass is 10.1. The van der Waals surface area contributed by atoms with Gasteiger partial charge in [0.05, 0.1) is 23.5 Å². The van der Waals surface area contributed by atoms with Gasteiger partial charge in [0.1, 0.15) is 18.1 Å². The first-order chi connectivity index (χ1) is 16.8. The van der Waals surface area contributed by atoms with Crippen LogP contribution in [-0.4, -0.2) is 47.2 Å². The number of ether oxygens (including phenoxy) is 2. The zero-order valence-corrected chi connectivity index (χ0v) is 20.5. The van der Waals surface area contributed by atoms with Gasteiger partial charge < -0.3 is 24.2 Å². The van der Waals surface area contributed by atoms with Gasteiger partial charge in [-0.2, -0.15) is 0 Å². The Morgan fingerprint density at radius 1 is 1.00 bits per heavy atom. The maximum atomic E-state index is 12.8. The molecule has 3 aromatic rings. The molecule has 2 amide bonds. The topological polar surface area (TPSA) is 93.9 Å². The van der Waals surface area contributed by atoms with Crippen LogP contribution in [0.5, 0.6) is 5.75 Å². The van der Waals surface area contributed by atoms with Crippen LogP contribution in [0.15, 0.2) is 53.1 Å². The number of rotatable bonds is 7. The number of hydrogen-bond acceptors (Lipinski definition) is 6. The van der Waals surface area contributed by atoms with Crippen molar-refractivity contribution in [1.82, 2.24) is 15.4 Å². The number of hydrogen-bond donors (Lipinski definition) is 1. The van der Waals surface area contributed by atoms with E-state index in [9.17, 15) is 9.59 Å². The molecule has 4 rings (SSSR count). The molecule has 0 spiro atoms. The summed E-state index contributed by atoms with van der Waals surface area (Å²) in [6.45, 7) is 9.57. The fourth-order valence-corrected chi connectivity index (χ4v) is 4.14. The first-order valence-electron chi connectivity index (χ1n) is 11.8. The molecular formula is C27H31N3O5. The van der Waals surface area contributed by atoms with Gasteiger partial charge in [-0.05, 0) is 69.7 Å². The van der Waals surface area contributed by atoms with Crippen LogP contribution in [0.1, 0.15) is 57.1 Å². The molecule has 1 aromatic heterocycles. The monoisotopic (exact) mass is 477 g/mol. The highest BCUT2D eigenvalue weighted by Gasteiger charge is 2.26. The Hall–Kier alpha value is -3.65. The lowest BCUT2D eigenvalue weighted by Crippen LogP contribution is -2.48. The van der Waals surface area contributed by atoms with Crippen molar-refractivity contribution < 1.29 is 23.6 Å². The lowest BCUT2D eigenvalue weighted by Gasteiger charge is -2.35. The third-order valence-corrected chi connectivity index (χ3v) is 6.04. The predicted octanol–water partition coefficient (Wildman–Crippen LogP) is 4.05. The summed E-state index contributed by atoms with van der Waals surface area (Å²) in [7, 11) is 0. The van der Waals surface area contributed by atoms with Crippen LogP contribution in [0, 0.1) is 13.8 Å². The molecule has 1 N–H and O–H groups in total. The summed E-state index contributed by atoms with van der Waals surface area (Å²) < 4.78 is 16.6. The summed E-state index contributed by atoms with van der Waals surface area (Å²) in [5.74, 6) is 1.21. The van der Waals surface area contributed by atoms with E-state index in [1.54, 1.807) is 36.4 Å². The van der Waals surface area contributed by atoms with E-state index in [4.69, 9.17) is 14.0 Å². The Kier molecular flexibility index (Phi) is 7.51. The van der Waals surface area contributed by atoms with Gasteiger partial charge in [-0.25, -0.2) is 0 Å². The van der Waals surface area contributed by atoms with Gasteiger partial charge in [0.25, 0.3) is 11.8 Å². The smallest absolute Gasteiger partial charge is 0.254 e. The van der Waals surface area contributed by atoms with Crippen molar-refractivity contribution in [2.75, 3.05) is 13.1 Å². The second kappa shape index (κ2) is 10.7. The number of benzene rings is 2. The Balaban J connectivity index is 1.27. The molecule has 0 aliphatic carbocycles. The molecule has 2 aromatic carbocycles. The second-order valence-electron chi connectivity index (χ2n) is 8.96. The van der Waals surface area contributed by atoms with E-state index in [-0.39, 0.29) is 24.0 Å². The molecule has 1 aliphatic rings. The minimum atomic E-state index is -0.182. The highest BCUT2D eigenvalue weighted by Crippen LogP contribution is 2.18. The van der Waals surface area contributed by atoms with Gasteiger partial charge >= 0.3 is 0 Å². The standard InChI is InChI=1S/C27H31N3O5/c1-17-14-30(15-18(2)34-17)27(32)23-7-5-21(6-8-23)13-28-26(31)22-9-11-24(12-10-22)33-16-25-19(3)29-35-20(25)4/h5-12,17-18H,13-16H2,1-4H3,(H,28,31). The minimum absolute atomic E-state index is 0.000696. The fraction of sp³-hybridized carbons (Fsp3) is 0.370. The summed E-state index contributed by atoms with van der Waals surface area (Å²) in [4.78, 5) is 27.2. The van der Waals surface area contributed by atoms with Crippen LogP contribution >= 0.6 is 0 Å². The maximum absolute atomic E-state index is 12.8. The van der Waals surface area contributed by atoms with E-state index in [0.717, 1.165) is 22.6 Å². The van der Waals surface area contributed by atoms with Crippen molar-refractivity contribution in [1.29, 1.82) is 0 Å². The van der Waals surface area contributed by atoms with E-state index in [2.05, 4.69) is 10.5 Å². The number of nitrogens with one attached hydrogen (secondary N) is 1. The van der Waals surface area contributed by atoms with Gasteiger partial charge in [0.2, 0.25) is 0 Å². The van der Waals surface area contributed by atoms with Crippen molar-refractivity contribution in [2.45, 2.75) is 53.1 Å². The quantitative estimate of drug-likeness (QED) is 0.552. The molecule has 1 aliphatic heterocycles. The van der Waals surface area contributed by atoms with Crippen LogP contribution in [0.3, 0.4) is 0 Å². The number of amides is 2. The normalized spacial score (nSPS) is 17.8. The van der Waals surface area contributed by atoms with E-state index in [1.807, 2.05) is 44.7 Å². The van der Waals surface area contributed by atoms with E-state index < -0.39 is 0 Å². The number of aromatic nitrogens is 1. The molecule has 8 nitrogen and oxygen atoms in total. The number of carbonyl (C=O) groups excluding carboxylic acids is 2. The zero-order chi connectivity index (χ0) is 24.9.